The van der Waals surface area contributed by atoms with Crippen LogP contribution in [0.25, 0.3) is 0 Å². The highest BCUT2D eigenvalue weighted by Gasteiger charge is 2.23. The third-order valence-corrected chi connectivity index (χ3v) is 3.09. The van der Waals surface area contributed by atoms with E-state index in [1.54, 1.807) is 0 Å². The van der Waals surface area contributed by atoms with Gasteiger partial charge in [0.25, 0.3) is 0 Å². The molecule has 0 spiro atoms. The summed E-state index contributed by atoms with van der Waals surface area (Å²) < 4.78 is 0. The lowest BCUT2D eigenvalue weighted by molar-refractivity contribution is 0.252. The summed E-state index contributed by atoms with van der Waals surface area (Å²) in [5.74, 6) is 1.01. The first-order valence-electron chi connectivity index (χ1n) is 6.24. The Kier molecular flexibility index (Phi) is 5.49. The molecule has 0 heterocycles. The molecule has 1 rings (SSSR count). The number of rotatable bonds is 8. The molecule has 2 heteroatoms. The van der Waals surface area contributed by atoms with Crippen LogP contribution >= 0.6 is 0 Å². The van der Waals surface area contributed by atoms with Gasteiger partial charge in [0.2, 0.25) is 0 Å². The summed E-state index contributed by atoms with van der Waals surface area (Å²) in [6, 6.07) is 0.411. The van der Waals surface area contributed by atoms with Gasteiger partial charge in [0.15, 0.2) is 0 Å². The van der Waals surface area contributed by atoms with Gasteiger partial charge < -0.3 is 10.6 Å². The predicted molar refractivity (Wildman–Crippen MR) is 62.3 cm³/mol. The molecule has 84 valence electrons. The molecule has 1 unspecified atom stereocenters. The molecule has 14 heavy (non-hydrogen) atoms. The minimum atomic E-state index is 0.411. The Labute approximate surface area is 88.8 Å². The molecule has 1 atom stereocenters. The van der Waals surface area contributed by atoms with Gasteiger partial charge >= 0.3 is 0 Å². The summed E-state index contributed by atoms with van der Waals surface area (Å²) in [6.45, 7) is 8.23. The molecule has 0 aliphatic heterocycles. The smallest absolute Gasteiger partial charge is 0.00483 e. The molecule has 0 radical (unpaired) electrons. The van der Waals surface area contributed by atoms with Crippen LogP contribution in [0.5, 0.6) is 0 Å². The van der Waals surface area contributed by atoms with Crippen molar-refractivity contribution in [1.82, 2.24) is 4.90 Å². The molecular weight excluding hydrogens is 172 g/mol. The van der Waals surface area contributed by atoms with Gasteiger partial charge in [-0.2, -0.15) is 0 Å². The molecule has 0 aromatic rings. The zero-order valence-electron chi connectivity index (χ0n) is 9.84. The SMILES string of the molecule is CCCN(CCC(N)CC)CC1CC1. The zero-order valence-corrected chi connectivity index (χ0v) is 9.84. The van der Waals surface area contributed by atoms with Crippen molar-refractivity contribution in [1.29, 1.82) is 0 Å². The summed E-state index contributed by atoms with van der Waals surface area (Å²) >= 11 is 0. The second-order valence-electron chi connectivity index (χ2n) is 4.70. The minimum absolute atomic E-state index is 0.411. The Hall–Kier alpha value is -0.0800. The van der Waals surface area contributed by atoms with E-state index in [-0.39, 0.29) is 0 Å². The summed E-state index contributed by atoms with van der Waals surface area (Å²) in [5, 5.41) is 0. The topological polar surface area (TPSA) is 29.3 Å². The van der Waals surface area contributed by atoms with Gasteiger partial charge in [-0.25, -0.2) is 0 Å². The van der Waals surface area contributed by atoms with Crippen LogP contribution in [0, 0.1) is 5.92 Å². The van der Waals surface area contributed by atoms with E-state index >= 15 is 0 Å². The Morgan fingerprint density at radius 1 is 1.29 bits per heavy atom. The first kappa shape index (κ1) is 12.0. The fraction of sp³-hybridized carbons (Fsp3) is 1.00. The molecule has 2 N–H and O–H groups in total. The predicted octanol–water partition coefficient (Wildman–Crippen LogP) is 2.24. The summed E-state index contributed by atoms with van der Waals surface area (Å²) in [7, 11) is 0. The Bertz CT molecular complexity index is 143. The lowest BCUT2D eigenvalue weighted by Crippen LogP contribution is -2.32. The third kappa shape index (κ3) is 4.97. The maximum absolute atomic E-state index is 5.94. The van der Waals surface area contributed by atoms with Gasteiger partial charge in [-0.3, -0.25) is 0 Å². The first-order valence-corrected chi connectivity index (χ1v) is 6.24. The minimum Gasteiger partial charge on any atom is -0.328 e. The van der Waals surface area contributed by atoms with Gasteiger partial charge in [0, 0.05) is 12.6 Å². The van der Waals surface area contributed by atoms with Gasteiger partial charge in [-0.15, -0.1) is 0 Å². The van der Waals surface area contributed by atoms with Crippen LogP contribution in [0.4, 0.5) is 0 Å². The lowest BCUT2D eigenvalue weighted by Gasteiger charge is -2.22. The quantitative estimate of drug-likeness (QED) is 0.648. The average molecular weight is 198 g/mol. The van der Waals surface area contributed by atoms with E-state index in [0.29, 0.717) is 6.04 Å². The largest absolute Gasteiger partial charge is 0.328 e. The van der Waals surface area contributed by atoms with Crippen LogP contribution in [0.15, 0.2) is 0 Å². The van der Waals surface area contributed by atoms with Crippen molar-refractivity contribution in [3.8, 4) is 0 Å². The average Bonchev–Trinajstić information content (AvgIpc) is 2.98. The van der Waals surface area contributed by atoms with Crippen molar-refractivity contribution in [2.45, 2.75) is 52.0 Å². The lowest BCUT2D eigenvalue weighted by atomic mass is 10.1. The molecule has 0 aromatic carbocycles. The second-order valence-corrected chi connectivity index (χ2v) is 4.70. The molecule has 1 aliphatic rings. The molecule has 1 aliphatic carbocycles. The monoisotopic (exact) mass is 198 g/mol. The zero-order chi connectivity index (χ0) is 10.4. The highest BCUT2D eigenvalue weighted by molar-refractivity contribution is 4.77. The highest BCUT2D eigenvalue weighted by Crippen LogP contribution is 2.29. The summed E-state index contributed by atoms with van der Waals surface area (Å²) in [4.78, 5) is 2.60. The molecular formula is C12H26N2. The maximum atomic E-state index is 5.94. The Morgan fingerprint density at radius 2 is 2.00 bits per heavy atom. The van der Waals surface area contributed by atoms with Crippen molar-refractivity contribution in [3.05, 3.63) is 0 Å². The van der Waals surface area contributed by atoms with E-state index in [9.17, 15) is 0 Å². The van der Waals surface area contributed by atoms with E-state index in [1.165, 1.54) is 45.3 Å². The van der Waals surface area contributed by atoms with Crippen molar-refractivity contribution < 1.29 is 0 Å². The molecule has 0 amide bonds. The van der Waals surface area contributed by atoms with Gasteiger partial charge in [-0.1, -0.05) is 13.8 Å². The normalized spacial score (nSPS) is 18.9. The van der Waals surface area contributed by atoms with Crippen molar-refractivity contribution in [2.24, 2.45) is 11.7 Å². The highest BCUT2D eigenvalue weighted by atomic mass is 15.1. The van der Waals surface area contributed by atoms with Gasteiger partial charge in [0.05, 0.1) is 0 Å². The standard InChI is InChI=1S/C12H26N2/c1-3-8-14(10-11-5-6-11)9-7-12(13)4-2/h11-12H,3-10,13H2,1-2H3. The van der Waals surface area contributed by atoms with Crippen LogP contribution in [-0.4, -0.2) is 30.6 Å². The van der Waals surface area contributed by atoms with E-state index < -0.39 is 0 Å². The van der Waals surface area contributed by atoms with E-state index in [2.05, 4.69) is 18.7 Å². The number of hydrogen-bond donors (Lipinski definition) is 1. The third-order valence-electron chi connectivity index (χ3n) is 3.09. The second kappa shape index (κ2) is 6.41. The Balaban J connectivity index is 2.12. The van der Waals surface area contributed by atoms with Gasteiger partial charge in [0.1, 0.15) is 0 Å². The molecule has 0 saturated heterocycles. The van der Waals surface area contributed by atoms with Crippen LogP contribution < -0.4 is 5.73 Å². The molecule has 1 fully saturated rings. The van der Waals surface area contributed by atoms with E-state index in [1.807, 2.05) is 0 Å². The summed E-state index contributed by atoms with van der Waals surface area (Å²) in [6.07, 6.45) is 6.47. The number of nitrogens with zero attached hydrogens (tertiary/aromatic N) is 1. The van der Waals surface area contributed by atoms with Crippen LogP contribution in [-0.2, 0) is 0 Å². The Morgan fingerprint density at radius 3 is 2.50 bits per heavy atom. The summed E-state index contributed by atoms with van der Waals surface area (Å²) in [5.41, 5.74) is 5.94. The molecule has 0 bridgehead atoms. The first-order chi connectivity index (χ1) is 6.76. The van der Waals surface area contributed by atoms with Crippen LogP contribution in [0.1, 0.15) is 46.0 Å². The van der Waals surface area contributed by atoms with Crippen molar-refractivity contribution in [2.75, 3.05) is 19.6 Å². The number of hydrogen-bond acceptors (Lipinski definition) is 2. The fourth-order valence-corrected chi connectivity index (χ4v) is 1.83. The molecule has 2 nitrogen and oxygen atoms in total. The van der Waals surface area contributed by atoms with Crippen molar-refractivity contribution in [3.63, 3.8) is 0 Å². The maximum Gasteiger partial charge on any atom is 0.00483 e. The van der Waals surface area contributed by atoms with E-state index in [4.69, 9.17) is 5.73 Å². The van der Waals surface area contributed by atoms with Crippen molar-refractivity contribution >= 4 is 0 Å². The molecule has 0 aromatic heterocycles. The molecule has 1 saturated carbocycles. The van der Waals surface area contributed by atoms with Gasteiger partial charge in [-0.05, 0) is 51.1 Å². The van der Waals surface area contributed by atoms with E-state index in [0.717, 1.165) is 12.3 Å². The fourth-order valence-electron chi connectivity index (χ4n) is 1.83. The van der Waals surface area contributed by atoms with Crippen LogP contribution in [0.2, 0.25) is 0 Å². The number of nitrogens with two attached hydrogens (primary N) is 1. The van der Waals surface area contributed by atoms with Crippen LogP contribution in [0.3, 0.4) is 0 Å².